The number of aliphatic hydroxyl groups is 2. The fraction of sp³-hybridized carbons (Fsp3) is 1.00. The largest absolute Gasteiger partial charge is 0.368 e. The number of hydrogen-bond acceptors (Lipinski definition) is 3. The van der Waals surface area contributed by atoms with E-state index in [1.807, 2.05) is 0 Å². The molecule has 0 rings (SSSR count). The highest BCUT2D eigenvalue weighted by atomic mass is 16.5. The SMILES string of the molecule is CCCCCCCCCCCCCCCCCCCCCCCCCC(N)CC(O)O. The van der Waals surface area contributed by atoms with E-state index in [1.165, 1.54) is 141 Å². The normalized spacial score (nSPS) is 12.7. The second kappa shape index (κ2) is 26.1. The van der Waals surface area contributed by atoms with Crippen LogP contribution in [0.3, 0.4) is 0 Å². The van der Waals surface area contributed by atoms with Gasteiger partial charge in [-0.25, -0.2) is 0 Å². The molecule has 4 N–H and O–H groups in total. The van der Waals surface area contributed by atoms with Crippen molar-refractivity contribution in [3.8, 4) is 0 Å². The number of aliphatic hydroxyl groups excluding tert-OH is 1. The van der Waals surface area contributed by atoms with Gasteiger partial charge in [-0.05, 0) is 6.42 Å². The molecule has 31 heavy (non-hydrogen) atoms. The first kappa shape index (κ1) is 30.9. The fourth-order valence-electron chi connectivity index (χ4n) is 4.58. The van der Waals surface area contributed by atoms with E-state index in [4.69, 9.17) is 15.9 Å². The molecule has 0 heterocycles. The van der Waals surface area contributed by atoms with Crippen molar-refractivity contribution in [3.63, 3.8) is 0 Å². The van der Waals surface area contributed by atoms with Gasteiger partial charge in [0.25, 0.3) is 0 Å². The Morgan fingerprint density at radius 1 is 0.452 bits per heavy atom. The molecule has 0 aromatic rings. The van der Waals surface area contributed by atoms with Gasteiger partial charge >= 0.3 is 0 Å². The molecule has 0 spiro atoms. The highest BCUT2D eigenvalue weighted by Crippen LogP contribution is 2.16. The Morgan fingerprint density at radius 3 is 0.968 bits per heavy atom. The Morgan fingerprint density at radius 2 is 0.710 bits per heavy atom. The van der Waals surface area contributed by atoms with Gasteiger partial charge < -0.3 is 15.9 Å². The molecule has 0 bridgehead atoms. The van der Waals surface area contributed by atoms with Crippen molar-refractivity contribution in [2.45, 2.75) is 180 Å². The Balaban J connectivity index is 3.05. The van der Waals surface area contributed by atoms with Crippen LogP contribution in [0.4, 0.5) is 0 Å². The Bertz CT molecular complexity index is 322. The molecule has 0 aliphatic heterocycles. The van der Waals surface area contributed by atoms with Crippen molar-refractivity contribution in [1.82, 2.24) is 0 Å². The average Bonchev–Trinajstić information content (AvgIpc) is 2.73. The van der Waals surface area contributed by atoms with Crippen LogP contribution in [0.1, 0.15) is 167 Å². The average molecular weight is 442 g/mol. The molecule has 0 aliphatic carbocycles. The molecule has 0 amide bonds. The van der Waals surface area contributed by atoms with Gasteiger partial charge in [0.2, 0.25) is 0 Å². The molecule has 1 unspecified atom stereocenters. The summed E-state index contributed by atoms with van der Waals surface area (Å²) in [6.45, 7) is 2.29. The molecule has 188 valence electrons. The third kappa shape index (κ3) is 27.8. The number of hydrogen-bond donors (Lipinski definition) is 3. The molecule has 0 aromatic carbocycles. The van der Waals surface area contributed by atoms with Gasteiger partial charge in [-0.3, -0.25) is 0 Å². The van der Waals surface area contributed by atoms with Crippen molar-refractivity contribution in [2.24, 2.45) is 5.73 Å². The van der Waals surface area contributed by atoms with Gasteiger partial charge in [-0.1, -0.05) is 155 Å². The molecular weight excluding hydrogens is 382 g/mol. The van der Waals surface area contributed by atoms with Crippen LogP contribution in [0.25, 0.3) is 0 Å². The lowest BCUT2D eigenvalue weighted by molar-refractivity contribution is -0.0497. The van der Waals surface area contributed by atoms with Crippen molar-refractivity contribution in [1.29, 1.82) is 0 Å². The Hall–Kier alpha value is -0.120. The van der Waals surface area contributed by atoms with Crippen LogP contribution in [0.15, 0.2) is 0 Å². The highest BCUT2D eigenvalue weighted by molar-refractivity contribution is 4.62. The maximum atomic E-state index is 8.88. The lowest BCUT2D eigenvalue weighted by Gasteiger charge is -2.12. The zero-order valence-electron chi connectivity index (χ0n) is 21.3. The summed E-state index contributed by atoms with van der Waals surface area (Å²) in [6.07, 6.45) is 32.3. The summed E-state index contributed by atoms with van der Waals surface area (Å²) >= 11 is 0. The van der Waals surface area contributed by atoms with E-state index in [-0.39, 0.29) is 6.04 Å². The van der Waals surface area contributed by atoms with Gasteiger partial charge in [0, 0.05) is 12.5 Å². The molecule has 1 atom stereocenters. The van der Waals surface area contributed by atoms with E-state index in [2.05, 4.69) is 6.92 Å². The molecule has 0 fully saturated rings. The monoisotopic (exact) mass is 441 g/mol. The van der Waals surface area contributed by atoms with Gasteiger partial charge in [-0.15, -0.1) is 0 Å². The van der Waals surface area contributed by atoms with Gasteiger partial charge in [0.05, 0.1) is 0 Å². The Kier molecular flexibility index (Phi) is 26.0. The first-order valence-electron chi connectivity index (χ1n) is 14.3. The number of rotatable bonds is 26. The van der Waals surface area contributed by atoms with E-state index in [0.29, 0.717) is 6.42 Å². The minimum absolute atomic E-state index is 0.0603. The summed E-state index contributed by atoms with van der Waals surface area (Å²) in [6, 6.07) is -0.0603. The van der Waals surface area contributed by atoms with E-state index in [9.17, 15) is 0 Å². The second-order valence-electron chi connectivity index (χ2n) is 10.0. The standard InChI is InChI=1S/C28H59NO2/c1-2-3-4-5-6-7-8-9-10-11-12-13-14-15-16-17-18-19-20-21-22-23-24-25-27(29)26-28(30)31/h27-28,30-31H,2-26,29H2,1H3. The summed E-state index contributed by atoms with van der Waals surface area (Å²) < 4.78 is 0. The topological polar surface area (TPSA) is 66.5 Å². The van der Waals surface area contributed by atoms with Crippen molar-refractivity contribution in [2.75, 3.05) is 0 Å². The molecule has 3 heteroatoms. The third-order valence-electron chi connectivity index (χ3n) is 6.69. The fourth-order valence-corrected chi connectivity index (χ4v) is 4.58. The van der Waals surface area contributed by atoms with E-state index in [1.54, 1.807) is 0 Å². The second-order valence-corrected chi connectivity index (χ2v) is 10.0. The van der Waals surface area contributed by atoms with E-state index < -0.39 is 6.29 Å². The van der Waals surface area contributed by atoms with Crippen LogP contribution in [0, 0.1) is 0 Å². The summed E-state index contributed by atoms with van der Waals surface area (Å²) in [5.74, 6) is 0. The van der Waals surface area contributed by atoms with Gasteiger partial charge in [-0.2, -0.15) is 0 Å². The lowest BCUT2D eigenvalue weighted by Crippen LogP contribution is -2.25. The smallest absolute Gasteiger partial charge is 0.152 e. The summed E-state index contributed by atoms with van der Waals surface area (Å²) in [4.78, 5) is 0. The summed E-state index contributed by atoms with van der Waals surface area (Å²) in [7, 11) is 0. The highest BCUT2D eigenvalue weighted by Gasteiger charge is 2.06. The minimum atomic E-state index is -1.25. The number of nitrogens with two attached hydrogens (primary N) is 1. The minimum Gasteiger partial charge on any atom is -0.368 e. The van der Waals surface area contributed by atoms with E-state index >= 15 is 0 Å². The van der Waals surface area contributed by atoms with Gasteiger partial charge in [0.1, 0.15) is 0 Å². The molecule has 0 saturated heterocycles. The third-order valence-corrected chi connectivity index (χ3v) is 6.69. The molecular formula is C28H59NO2. The molecule has 0 saturated carbocycles. The first-order valence-corrected chi connectivity index (χ1v) is 14.3. The molecule has 0 aliphatic rings. The summed E-state index contributed by atoms with van der Waals surface area (Å²) in [5.41, 5.74) is 5.85. The van der Waals surface area contributed by atoms with Crippen LogP contribution in [-0.4, -0.2) is 22.5 Å². The summed E-state index contributed by atoms with van der Waals surface area (Å²) in [5, 5.41) is 17.8. The zero-order chi connectivity index (χ0) is 22.8. The van der Waals surface area contributed by atoms with Crippen LogP contribution < -0.4 is 5.73 Å². The maximum Gasteiger partial charge on any atom is 0.152 e. The van der Waals surface area contributed by atoms with Crippen molar-refractivity contribution < 1.29 is 10.2 Å². The van der Waals surface area contributed by atoms with Crippen LogP contribution in [-0.2, 0) is 0 Å². The molecule has 3 nitrogen and oxygen atoms in total. The van der Waals surface area contributed by atoms with Crippen LogP contribution in [0.2, 0.25) is 0 Å². The predicted molar refractivity (Wildman–Crippen MR) is 137 cm³/mol. The zero-order valence-corrected chi connectivity index (χ0v) is 21.3. The Labute approximate surface area is 196 Å². The molecule has 0 radical (unpaired) electrons. The maximum absolute atomic E-state index is 8.88. The van der Waals surface area contributed by atoms with Crippen LogP contribution >= 0.6 is 0 Å². The van der Waals surface area contributed by atoms with Crippen LogP contribution in [0.5, 0.6) is 0 Å². The predicted octanol–water partition coefficient (Wildman–Crippen LogP) is 8.40. The first-order chi connectivity index (χ1) is 15.2. The molecule has 0 aromatic heterocycles. The van der Waals surface area contributed by atoms with Crippen molar-refractivity contribution >= 4 is 0 Å². The van der Waals surface area contributed by atoms with Gasteiger partial charge in [0.15, 0.2) is 6.29 Å². The number of unbranched alkanes of at least 4 members (excludes halogenated alkanes) is 22. The quantitative estimate of drug-likeness (QED) is 0.0932. The van der Waals surface area contributed by atoms with Crippen molar-refractivity contribution in [3.05, 3.63) is 0 Å². The van der Waals surface area contributed by atoms with E-state index in [0.717, 1.165) is 12.8 Å². The lowest BCUT2D eigenvalue weighted by atomic mass is 10.0.